The van der Waals surface area contributed by atoms with E-state index in [9.17, 15) is 56.3 Å². The number of ether oxygens (including phenoxy) is 5. The number of carbonyl (C=O) groups is 6. The SMILES string of the molecule is CC#CCn1c(N2CCCC(N)C2)nc2cnn(C)c(=O)c21.CC#CCn1c(N2CCN(C(=O)OC(C)(C)C)CC2)nc2cnn(C)c(=O)c21.CC#CCn1c(N2CCNCC2)nc2cnn(C)c(=O)c21.CC(C)(C)OC(=O)NC1CCCN(C(=O)OCC2c3ccccc3-c3ccccc32)C1.CC(C)(C)OC(=O)NC1CCCNC1.Cn1ncc2[nH]c(N3CCN(C(=O)OC(C)(C)C)CC3)nc2c1=O.O=C(O)C(F)(F)F. The summed E-state index contributed by atoms with van der Waals surface area (Å²) in [5, 5.41) is 35.5. The molecule has 0 spiro atoms. The number of likely N-dealkylation sites (tertiary alicyclic amines) is 1. The lowest BCUT2D eigenvalue weighted by Gasteiger charge is -2.36. The van der Waals surface area contributed by atoms with Gasteiger partial charge in [-0.2, -0.15) is 33.6 Å². The minimum absolute atomic E-state index is 0.0387. The van der Waals surface area contributed by atoms with Gasteiger partial charge in [-0.1, -0.05) is 66.3 Å². The van der Waals surface area contributed by atoms with Crippen molar-refractivity contribution in [1.29, 1.82) is 0 Å². The van der Waals surface area contributed by atoms with Gasteiger partial charge in [-0.05, 0) is 171 Å². The number of carboxylic acids is 1. The number of halogens is 3. The number of fused-ring (bicyclic) bond motifs is 7. The Balaban J connectivity index is 0.000000167. The van der Waals surface area contributed by atoms with Crippen LogP contribution in [-0.2, 0) is 76.3 Å². The highest BCUT2D eigenvalue weighted by molar-refractivity contribution is 5.82. The predicted octanol–water partition coefficient (Wildman–Crippen LogP) is 8.39. The molecule has 7 aliphatic rings. The van der Waals surface area contributed by atoms with Crippen LogP contribution in [0.1, 0.15) is 159 Å². The van der Waals surface area contributed by atoms with E-state index in [1.165, 1.54) is 41.0 Å². The summed E-state index contributed by atoms with van der Waals surface area (Å²) < 4.78 is 69.7. The third-order valence-corrected chi connectivity index (χ3v) is 23.9. The quantitative estimate of drug-likeness (QED) is 0.0472. The first-order valence-electron chi connectivity index (χ1n) is 48.9. The highest BCUT2D eigenvalue weighted by atomic mass is 19.4. The van der Waals surface area contributed by atoms with Crippen LogP contribution < -0.4 is 68.8 Å². The van der Waals surface area contributed by atoms with Gasteiger partial charge in [-0.25, -0.2) is 67.4 Å². The van der Waals surface area contributed by atoms with Gasteiger partial charge in [-0.15, -0.1) is 17.8 Å². The second-order valence-corrected chi connectivity index (χ2v) is 39.8. The topological polar surface area (TPSA) is 487 Å². The Morgan fingerprint density at radius 3 is 1.28 bits per heavy atom. The summed E-state index contributed by atoms with van der Waals surface area (Å²) in [5.74, 6) is 17.8. The molecule has 794 valence electrons. The normalized spacial score (nSPS) is 16.8. The molecule has 10 aromatic rings. The summed E-state index contributed by atoms with van der Waals surface area (Å²) in [6.07, 6.45) is 5.46. The summed E-state index contributed by atoms with van der Waals surface area (Å²) in [4.78, 5) is 154. The van der Waals surface area contributed by atoms with E-state index in [-0.39, 0.29) is 70.7 Å². The van der Waals surface area contributed by atoms with E-state index in [1.54, 1.807) is 88.4 Å². The van der Waals surface area contributed by atoms with Gasteiger partial charge in [0.15, 0.2) is 5.52 Å². The number of nitrogens with two attached hydrogens (primary N) is 1. The number of hydrogen-bond donors (Lipinski definition) is 7. The van der Waals surface area contributed by atoms with Gasteiger partial charge >= 0.3 is 42.6 Å². The molecule has 147 heavy (non-hydrogen) atoms. The number of piperazine rings is 3. The maximum absolute atomic E-state index is 12.8. The molecule has 44 nitrogen and oxygen atoms in total. The number of alkyl halides is 3. The molecule has 3 unspecified atom stereocenters. The van der Waals surface area contributed by atoms with Crippen LogP contribution in [0.5, 0.6) is 0 Å². The number of nitrogens with one attached hydrogen (secondary N) is 5. The van der Waals surface area contributed by atoms with Crippen molar-refractivity contribution < 1.29 is 70.7 Å². The molecule has 8 aromatic heterocycles. The first kappa shape index (κ1) is 113. The maximum Gasteiger partial charge on any atom is 0.490 e. The second kappa shape index (κ2) is 49.9. The number of benzene rings is 2. The number of rotatable bonds is 11. The molecule has 6 fully saturated rings. The molecule has 6 aliphatic heterocycles. The van der Waals surface area contributed by atoms with Crippen LogP contribution in [0.3, 0.4) is 0 Å². The number of aryl methyl sites for hydroxylation is 4. The van der Waals surface area contributed by atoms with Crippen molar-refractivity contribution in [2.24, 2.45) is 33.9 Å². The van der Waals surface area contributed by atoms with E-state index in [0.717, 1.165) is 103 Å². The van der Waals surface area contributed by atoms with Crippen molar-refractivity contribution in [3.63, 3.8) is 0 Å². The minimum Gasteiger partial charge on any atom is -0.475 e. The minimum atomic E-state index is -5.08. The summed E-state index contributed by atoms with van der Waals surface area (Å²) in [6, 6.07) is 16.8. The number of anilines is 4. The van der Waals surface area contributed by atoms with E-state index in [2.05, 4.69) is 141 Å². The molecule has 0 saturated carbocycles. The number of nitrogens with zero attached hydrogens (tertiary/aromatic N) is 22. The van der Waals surface area contributed by atoms with Gasteiger partial charge < -0.3 is 95.1 Å². The lowest BCUT2D eigenvalue weighted by Crippen LogP contribution is -2.50. The highest BCUT2D eigenvalue weighted by Gasteiger charge is 2.39. The van der Waals surface area contributed by atoms with E-state index in [1.807, 2.05) is 126 Å². The Hall–Kier alpha value is -14.8. The van der Waals surface area contributed by atoms with E-state index in [4.69, 9.17) is 39.3 Å². The Kier molecular flexibility index (Phi) is 38.2. The summed E-state index contributed by atoms with van der Waals surface area (Å²) >= 11 is 0. The van der Waals surface area contributed by atoms with Crippen molar-refractivity contribution >= 4 is 104 Å². The van der Waals surface area contributed by atoms with Gasteiger partial charge in [0.1, 0.15) is 62.1 Å². The van der Waals surface area contributed by atoms with Gasteiger partial charge in [0.2, 0.25) is 23.8 Å². The molecule has 1 aliphatic carbocycles. The standard InChI is InChI=1S/C25H30N2O4.C19H26N6O3.C15H22N6O3.C15H20N6O.C14H18N6O.C10H20N2O2.C2HF3O2/c1-25(2,3)31-23(28)26-17-9-8-14-27(15-17)24(29)30-16-22-20-12-6-4-10-18(20)19-11-5-7-13-21(19)22;1-6-7-8-25-15-14(13-20-22(5)16(15)26)21-17(25)23-9-11-24(12-10-23)18(27)28-19(2,3)4;1-15(2,3)24-14(23)21-7-5-20(6-8-21)13-17-10-9-16-19(4)12(22)11(10)18-13;1-3-4-8-21-13-12(9-17-19(2)14(13)22)18-15(21)20-7-5-6-11(16)10-20;1-3-4-7-20-12-11(10-16-18(2)13(12)21)17-14(20)19-8-5-15-6-9-19;1-10(2,3)14-9(13)12-8-5-4-6-11-7-8;3-2(4,5)1(6)7/h4-7,10-13,17,22H,8-9,14-16H2,1-3H3,(H,26,28);13H,8-12H2,1-5H3;9H,5-8H2,1-4H3,(H,17,18);9,11H,5-8,10,16H2,1-2H3;10,15H,5-9H2,1-2H3;8,11H,4-7H2,1-3H3,(H,12,13);(H,6,7). The largest absolute Gasteiger partial charge is 0.490 e. The van der Waals surface area contributed by atoms with E-state index in [0.29, 0.717) is 148 Å². The van der Waals surface area contributed by atoms with Crippen molar-refractivity contribution in [2.45, 2.75) is 215 Å². The number of piperidine rings is 3. The van der Waals surface area contributed by atoms with Crippen LogP contribution in [0.4, 0.5) is 60.9 Å². The zero-order chi connectivity index (χ0) is 107. The molecule has 3 atom stereocenters. The molecule has 2 aromatic carbocycles. The third kappa shape index (κ3) is 30.9. The molecular weight excluding hydrogens is 1910 g/mol. The lowest BCUT2D eigenvalue weighted by atomic mass is 9.98. The number of alkyl carbamates (subject to hydrolysis) is 2. The first-order chi connectivity index (χ1) is 69.5. The van der Waals surface area contributed by atoms with Crippen molar-refractivity contribution in [3.05, 3.63) is 126 Å². The number of carbonyl (C=O) groups excluding carboxylic acids is 5. The molecule has 5 amide bonds. The monoisotopic (exact) mass is 2040 g/mol. The molecule has 0 bridgehead atoms. The van der Waals surface area contributed by atoms with Crippen LogP contribution in [0.2, 0.25) is 0 Å². The lowest BCUT2D eigenvalue weighted by molar-refractivity contribution is -0.192. The molecule has 0 radical (unpaired) electrons. The van der Waals surface area contributed by atoms with Crippen LogP contribution in [-0.4, -0.2) is 305 Å². The molecule has 47 heteroatoms. The Bertz CT molecular complexity index is 6700. The molecule has 14 heterocycles. The van der Waals surface area contributed by atoms with Crippen LogP contribution in [0.15, 0.2) is 92.5 Å². The number of H-pyrrole nitrogens is 1. The predicted molar refractivity (Wildman–Crippen MR) is 550 cm³/mol. The molecular formula is C100H137F3N28O16. The number of aromatic amines is 1. The number of hydrogen-bond acceptors (Lipinski definition) is 30. The maximum atomic E-state index is 12.8. The number of aromatic nitrogens is 16. The van der Waals surface area contributed by atoms with Crippen LogP contribution in [0.25, 0.3) is 55.3 Å². The Labute approximate surface area is 849 Å². The summed E-state index contributed by atoms with van der Waals surface area (Å²) in [5.41, 5.74) is 12.5. The van der Waals surface area contributed by atoms with E-state index >= 15 is 0 Å². The fourth-order valence-electron chi connectivity index (χ4n) is 16.9. The summed E-state index contributed by atoms with van der Waals surface area (Å²) in [7, 11) is 6.50. The van der Waals surface area contributed by atoms with Gasteiger partial charge in [0.25, 0.3) is 22.2 Å². The Morgan fingerprint density at radius 2 is 0.857 bits per heavy atom. The van der Waals surface area contributed by atoms with E-state index < -0.39 is 40.6 Å². The van der Waals surface area contributed by atoms with Crippen LogP contribution >= 0.6 is 0 Å². The van der Waals surface area contributed by atoms with Crippen LogP contribution in [0, 0.1) is 35.5 Å². The van der Waals surface area contributed by atoms with Gasteiger partial charge in [0.05, 0.1) is 49.9 Å². The summed E-state index contributed by atoms with van der Waals surface area (Å²) in [6.45, 7) is 41.8. The van der Waals surface area contributed by atoms with Crippen molar-refractivity contribution in [2.75, 3.05) is 144 Å². The number of amides is 5. The third-order valence-electron chi connectivity index (χ3n) is 23.9. The number of carboxylic acid groups (broad SMARTS) is 1. The molecule has 8 N–H and O–H groups in total. The fraction of sp³-hybridized carbons (Fsp3) is 0.560. The number of imidazole rings is 4. The average Bonchev–Trinajstić information content (AvgIpc) is 1.62. The fourth-order valence-corrected chi connectivity index (χ4v) is 16.9. The molecule has 17 rings (SSSR count). The van der Waals surface area contributed by atoms with Crippen molar-refractivity contribution in [3.8, 4) is 46.6 Å². The Morgan fingerprint density at radius 1 is 0.456 bits per heavy atom. The number of aliphatic carboxylic acids is 1. The second-order valence-electron chi connectivity index (χ2n) is 39.8. The highest BCUT2D eigenvalue weighted by Crippen LogP contribution is 2.45. The zero-order valence-electron chi connectivity index (χ0n) is 87.2. The van der Waals surface area contributed by atoms with Gasteiger partial charge in [-0.3, -0.25) is 32.9 Å². The van der Waals surface area contributed by atoms with Crippen molar-refractivity contribution in [1.82, 2.24) is 114 Å². The average molecular weight is 2040 g/mol. The molecule has 6 saturated heterocycles. The first-order valence-corrected chi connectivity index (χ1v) is 48.9. The smallest absolute Gasteiger partial charge is 0.475 e. The zero-order valence-corrected chi connectivity index (χ0v) is 87.2. The van der Waals surface area contributed by atoms with Gasteiger partial charge in [0, 0.05) is 163 Å².